The number of fused-ring (bicyclic) bond motifs is 1. The first kappa shape index (κ1) is 20.7. The van der Waals surface area contributed by atoms with Crippen LogP contribution in [0.3, 0.4) is 0 Å². The molecule has 29 heavy (non-hydrogen) atoms. The highest BCUT2D eigenvalue weighted by Crippen LogP contribution is 2.37. The first-order chi connectivity index (χ1) is 13.9. The zero-order chi connectivity index (χ0) is 20.6. The monoisotopic (exact) mass is 419 g/mol. The van der Waals surface area contributed by atoms with Crippen molar-refractivity contribution in [2.24, 2.45) is 5.92 Å². The molecular weight excluding hydrogens is 386 g/mol. The molecular formula is C22H33N3O3S. The van der Waals surface area contributed by atoms with Gasteiger partial charge in [-0.15, -0.1) is 0 Å². The Hall–Kier alpha value is -1.60. The van der Waals surface area contributed by atoms with Crippen LogP contribution in [0.5, 0.6) is 0 Å². The maximum Gasteiger partial charge on any atom is 0.256 e. The second-order valence-electron chi connectivity index (χ2n) is 8.91. The number of anilines is 1. The molecule has 2 heterocycles. The first-order valence-corrected chi connectivity index (χ1v) is 12.5. The summed E-state index contributed by atoms with van der Waals surface area (Å²) >= 11 is 0. The van der Waals surface area contributed by atoms with E-state index in [9.17, 15) is 13.2 Å². The van der Waals surface area contributed by atoms with E-state index in [2.05, 4.69) is 9.80 Å². The second-order valence-corrected chi connectivity index (χ2v) is 11.1. The molecule has 1 aromatic carbocycles. The standard InChI is InChI=1S/C22H33N3O3S/c1-23(2)29(27,28)18-11-12-21(24-13-5-6-14-24)19(16-18)22(26)25-15-7-9-17-8-3-4-10-20(17)25/h11-12,16-17,20H,3-10,13-15H2,1-2H3/t17-,20+/m0/s1. The van der Waals surface area contributed by atoms with Crippen molar-refractivity contribution in [1.82, 2.24) is 9.21 Å². The highest BCUT2D eigenvalue weighted by molar-refractivity contribution is 7.89. The van der Waals surface area contributed by atoms with Crippen molar-refractivity contribution < 1.29 is 13.2 Å². The fourth-order valence-electron chi connectivity index (χ4n) is 5.32. The van der Waals surface area contributed by atoms with Gasteiger partial charge in [0.05, 0.1) is 10.5 Å². The van der Waals surface area contributed by atoms with Crippen LogP contribution < -0.4 is 4.90 Å². The molecule has 4 rings (SSSR count). The van der Waals surface area contributed by atoms with Gasteiger partial charge < -0.3 is 9.80 Å². The third kappa shape index (κ3) is 3.91. The lowest BCUT2D eigenvalue weighted by Gasteiger charge is -2.44. The average molecular weight is 420 g/mol. The van der Waals surface area contributed by atoms with Crippen LogP contribution in [0.4, 0.5) is 5.69 Å². The van der Waals surface area contributed by atoms with Crippen LogP contribution in [0.2, 0.25) is 0 Å². The molecule has 0 unspecified atom stereocenters. The molecule has 0 bridgehead atoms. The van der Waals surface area contributed by atoms with E-state index in [4.69, 9.17) is 0 Å². The number of likely N-dealkylation sites (tertiary alicyclic amines) is 1. The number of benzene rings is 1. The molecule has 2 saturated heterocycles. The number of carbonyl (C=O) groups is 1. The molecule has 7 heteroatoms. The summed E-state index contributed by atoms with van der Waals surface area (Å²) in [5.41, 5.74) is 1.45. The van der Waals surface area contributed by atoms with Crippen molar-refractivity contribution in [1.29, 1.82) is 0 Å². The normalized spacial score (nSPS) is 25.3. The molecule has 3 aliphatic rings. The van der Waals surface area contributed by atoms with Crippen molar-refractivity contribution in [2.45, 2.75) is 62.3 Å². The lowest BCUT2D eigenvalue weighted by molar-refractivity contribution is 0.0391. The van der Waals surface area contributed by atoms with Gasteiger partial charge in [0.2, 0.25) is 10.0 Å². The minimum Gasteiger partial charge on any atom is -0.371 e. The van der Waals surface area contributed by atoms with Crippen molar-refractivity contribution >= 4 is 21.6 Å². The third-order valence-electron chi connectivity index (χ3n) is 6.93. The van der Waals surface area contributed by atoms with E-state index in [1.807, 2.05) is 6.07 Å². The smallest absolute Gasteiger partial charge is 0.256 e. The van der Waals surface area contributed by atoms with Gasteiger partial charge in [-0.1, -0.05) is 12.8 Å². The number of nitrogens with zero attached hydrogens (tertiary/aromatic N) is 3. The summed E-state index contributed by atoms with van der Waals surface area (Å²) in [6.07, 6.45) is 9.20. The number of rotatable bonds is 4. The van der Waals surface area contributed by atoms with Crippen molar-refractivity contribution in [3.8, 4) is 0 Å². The van der Waals surface area contributed by atoms with Crippen LogP contribution in [0.15, 0.2) is 23.1 Å². The van der Waals surface area contributed by atoms with Gasteiger partial charge in [0.25, 0.3) is 5.91 Å². The number of hydrogen-bond acceptors (Lipinski definition) is 4. The first-order valence-electron chi connectivity index (χ1n) is 11.0. The number of piperidine rings is 1. The Morgan fingerprint density at radius 2 is 1.66 bits per heavy atom. The second kappa shape index (κ2) is 8.26. The summed E-state index contributed by atoms with van der Waals surface area (Å²) in [6.45, 7) is 2.63. The molecule has 2 aliphatic heterocycles. The fourth-order valence-corrected chi connectivity index (χ4v) is 6.25. The quantitative estimate of drug-likeness (QED) is 0.751. The number of carbonyl (C=O) groups excluding carboxylic acids is 1. The van der Waals surface area contributed by atoms with E-state index in [0.29, 0.717) is 17.5 Å². The molecule has 0 aromatic heterocycles. The fraction of sp³-hybridized carbons (Fsp3) is 0.682. The molecule has 2 atom stereocenters. The van der Waals surface area contributed by atoms with Gasteiger partial charge in [0, 0.05) is 45.5 Å². The van der Waals surface area contributed by atoms with Gasteiger partial charge in [0.1, 0.15) is 0 Å². The van der Waals surface area contributed by atoms with Crippen molar-refractivity contribution in [2.75, 3.05) is 38.6 Å². The topological polar surface area (TPSA) is 60.9 Å². The zero-order valence-electron chi connectivity index (χ0n) is 17.6. The predicted octanol–water partition coefficient (Wildman–Crippen LogP) is 3.33. The summed E-state index contributed by atoms with van der Waals surface area (Å²) in [4.78, 5) is 18.3. The average Bonchev–Trinajstić information content (AvgIpc) is 3.27. The Bertz CT molecular complexity index is 860. The molecule has 3 fully saturated rings. The SMILES string of the molecule is CN(C)S(=O)(=O)c1ccc(N2CCCC2)c(C(=O)N2CCC[C@@H]3CCCC[C@H]32)c1. The molecule has 0 N–H and O–H groups in total. The van der Waals surface area contributed by atoms with E-state index in [-0.39, 0.29) is 10.8 Å². The van der Waals surface area contributed by atoms with E-state index >= 15 is 0 Å². The van der Waals surface area contributed by atoms with Gasteiger partial charge >= 0.3 is 0 Å². The lowest BCUT2D eigenvalue weighted by Crippen LogP contribution is -2.50. The van der Waals surface area contributed by atoms with Crippen LogP contribution in [0.25, 0.3) is 0 Å². The molecule has 1 aromatic rings. The summed E-state index contributed by atoms with van der Waals surface area (Å²) in [5.74, 6) is 0.615. The van der Waals surface area contributed by atoms with E-state index in [1.165, 1.54) is 44.1 Å². The van der Waals surface area contributed by atoms with Crippen LogP contribution in [0.1, 0.15) is 61.7 Å². The van der Waals surface area contributed by atoms with Crippen LogP contribution in [-0.2, 0) is 10.0 Å². The molecule has 1 amide bonds. The van der Waals surface area contributed by atoms with Crippen LogP contribution >= 0.6 is 0 Å². The number of amides is 1. The molecule has 1 aliphatic carbocycles. The van der Waals surface area contributed by atoms with Gasteiger partial charge in [0.15, 0.2) is 0 Å². The van der Waals surface area contributed by atoms with Crippen molar-refractivity contribution in [3.63, 3.8) is 0 Å². The third-order valence-corrected chi connectivity index (χ3v) is 8.74. The molecule has 1 saturated carbocycles. The molecule has 6 nitrogen and oxygen atoms in total. The Morgan fingerprint density at radius 1 is 0.966 bits per heavy atom. The Kier molecular flexibility index (Phi) is 5.89. The van der Waals surface area contributed by atoms with Gasteiger partial charge in [-0.3, -0.25) is 4.79 Å². The van der Waals surface area contributed by atoms with E-state index in [1.54, 1.807) is 12.1 Å². The Balaban J connectivity index is 1.73. The minimum atomic E-state index is -3.58. The highest BCUT2D eigenvalue weighted by Gasteiger charge is 2.37. The van der Waals surface area contributed by atoms with Gasteiger partial charge in [-0.05, 0) is 62.6 Å². The Morgan fingerprint density at radius 3 is 2.38 bits per heavy atom. The van der Waals surface area contributed by atoms with Crippen LogP contribution in [-0.4, -0.2) is 63.3 Å². The van der Waals surface area contributed by atoms with Gasteiger partial charge in [-0.25, -0.2) is 12.7 Å². The van der Waals surface area contributed by atoms with E-state index in [0.717, 1.165) is 51.0 Å². The maximum atomic E-state index is 13.8. The van der Waals surface area contributed by atoms with E-state index < -0.39 is 10.0 Å². The van der Waals surface area contributed by atoms with Gasteiger partial charge in [-0.2, -0.15) is 0 Å². The predicted molar refractivity (Wildman–Crippen MR) is 115 cm³/mol. The molecule has 0 radical (unpaired) electrons. The molecule has 0 spiro atoms. The number of hydrogen-bond donors (Lipinski definition) is 0. The summed E-state index contributed by atoms with van der Waals surface area (Å²) in [7, 11) is -0.523. The van der Waals surface area contributed by atoms with Crippen molar-refractivity contribution in [3.05, 3.63) is 23.8 Å². The number of sulfonamides is 1. The maximum absolute atomic E-state index is 13.8. The lowest BCUT2D eigenvalue weighted by atomic mass is 9.78. The summed E-state index contributed by atoms with van der Waals surface area (Å²) in [5, 5.41) is 0. The minimum absolute atomic E-state index is 0.0132. The highest BCUT2D eigenvalue weighted by atomic mass is 32.2. The zero-order valence-corrected chi connectivity index (χ0v) is 18.5. The molecule has 160 valence electrons. The van der Waals surface area contributed by atoms with Crippen LogP contribution in [0, 0.1) is 5.92 Å². The largest absolute Gasteiger partial charge is 0.371 e. The summed E-state index contributed by atoms with van der Waals surface area (Å²) in [6, 6.07) is 5.43. The summed E-state index contributed by atoms with van der Waals surface area (Å²) < 4.78 is 26.7. The Labute approximate surface area is 174 Å².